The van der Waals surface area contributed by atoms with E-state index in [1.807, 2.05) is 6.07 Å². The molecular weight excluding hydrogens is 333 g/mol. The van der Waals surface area contributed by atoms with Gasteiger partial charge in [0.2, 0.25) is 0 Å². The number of carbonyl (C=O) groups excluding carboxylic acids is 1. The normalized spacial score (nSPS) is 11.4. The Balaban J connectivity index is 2.30. The summed E-state index contributed by atoms with van der Waals surface area (Å²) in [6, 6.07) is 12.0. The van der Waals surface area contributed by atoms with Crippen molar-refractivity contribution in [3.63, 3.8) is 0 Å². The molecule has 2 rings (SSSR count). The molecule has 0 fully saturated rings. The molecule has 2 aromatic carbocycles. The summed E-state index contributed by atoms with van der Waals surface area (Å²) in [4.78, 5) is 12.1. The fraction of sp³-hybridized carbons (Fsp3) is 0.133. The number of benzene rings is 2. The van der Waals surface area contributed by atoms with Gasteiger partial charge in [-0.25, -0.2) is 0 Å². The van der Waals surface area contributed by atoms with Crippen LogP contribution in [0.4, 0.5) is 13.2 Å². The Morgan fingerprint density at radius 3 is 2.30 bits per heavy atom. The van der Waals surface area contributed by atoms with Crippen LogP contribution in [0.5, 0.6) is 0 Å². The van der Waals surface area contributed by atoms with Crippen LogP contribution in [0, 0.1) is 0 Å². The van der Waals surface area contributed by atoms with E-state index in [9.17, 15) is 18.0 Å². The number of hydrogen-bond donors (Lipinski definition) is 0. The van der Waals surface area contributed by atoms with Crippen molar-refractivity contribution in [2.24, 2.45) is 0 Å². The summed E-state index contributed by atoms with van der Waals surface area (Å²) >= 11 is 3.12. The van der Waals surface area contributed by atoms with Crippen molar-refractivity contribution < 1.29 is 18.0 Å². The van der Waals surface area contributed by atoms with Crippen LogP contribution in [0.25, 0.3) is 0 Å². The standard InChI is InChI=1S/C15H10BrF3O/c16-13-7-6-11(15(17,18)19)9-12(13)14(20)8-10-4-2-1-3-5-10/h1-7,9H,8H2. The van der Waals surface area contributed by atoms with Crippen molar-refractivity contribution >= 4 is 21.7 Å². The van der Waals surface area contributed by atoms with Crippen LogP contribution in [0.3, 0.4) is 0 Å². The lowest BCUT2D eigenvalue weighted by atomic mass is 10.0. The van der Waals surface area contributed by atoms with Crippen LogP contribution in [-0.4, -0.2) is 5.78 Å². The molecule has 0 aliphatic heterocycles. The predicted octanol–water partition coefficient (Wildman–Crippen LogP) is 4.89. The largest absolute Gasteiger partial charge is 0.416 e. The first-order valence-corrected chi connectivity index (χ1v) is 6.61. The van der Waals surface area contributed by atoms with E-state index < -0.39 is 11.7 Å². The predicted molar refractivity (Wildman–Crippen MR) is 73.6 cm³/mol. The molecule has 0 saturated heterocycles. The quantitative estimate of drug-likeness (QED) is 0.725. The van der Waals surface area contributed by atoms with E-state index in [0.717, 1.165) is 17.7 Å². The van der Waals surface area contributed by atoms with Gasteiger partial charge in [0, 0.05) is 16.5 Å². The molecule has 0 unspecified atom stereocenters. The van der Waals surface area contributed by atoms with Gasteiger partial charge in [0.25, 0.3) is 0 Å². The number of rotatable bonds is 3. The first-order valence-electron chi connectivity index (χ1n) is 5.82. The molecule has 104 valence electrons. The lowest BCUT2D eigenvalue weighted by Crippen LogP contribution is -2.09. The number of ketones is 1. The molecule has 0 aromatic heterocycles. The molecule has 0 atom stereocenters. The molecule has 0 N–H and O–H groups in total. The van der Waals surface area contributed by atoms with Crippen molar-refractivity contribution in [1.29, 1.82) is 0 Å². The molecule has 0 amide bonds. The molecule has 20 heavy (non-hydrogen) atoms. The van der Waals surface area contributed by atoms with E-state index >= 15 is 0 Å². The zero-order valence-electron chi connectivity index (χ0n) is 10.2. The Hall–Kier alpha value is -1.62. The zero-order chi connectivity index (χ0) is 14.8. The third kappa shape index (κ3) is 3.48. The summed E-state index contributed by atoms with van der Waals surface area (Å²) in [7, 11) is 0. The maximum absolute atomic E-state index is 12.7. The highest BCUT2D eigenvalue weighted by Gasteiger charge is 2.31. The molecule has 0 bridgehead atoms. The van der Waals surface area contributed by atoms with Crippen molar-refractivity contribution in [1.82, 2.24) is 0 Å². The Kier molecular flexibility index (Phi) is 4.28. The van der Waals surface area contributed by atoms with Gasteiger partial charge in [0.05, 0.1) is 5.56 Å². The third-order valence-electron chi connectivity index (χ3n) is 2.80. The first kappa shape index (κ1) is 14.8. The Bertz CT molecular complexity index is 621. The summed E-state index contributed by atoms with van der Waals surface area (Å²) in [6.07, 6.45) is -4.39. The average molecular weight is 343 g/mol. The molecule has 2 aromatic rings. The van der Waals surface area contributed by atoms with Crippen LogP contribution >= 0.6 is 15.9 Å². The van der Waals surface area contributed by atoms with E-state index in [2.05, 4.69) is 15.9 Å². The minimum Gasteiger partial charge on any atom is -0.294 e. The van der Waals surface area contributed by atoms with Gasteiger partial charge in [-0.05, 0) is 23.8 Å². The van der Waals surface area contributed by atoms with Crippen molar-refractivity contribution in [2.45, 2.75) is 12.6 Å². The average Bonchev–Trinajstić information content (AvgIpc) is 2.39. The van der Waals surface area contributed by atoms with Gasteiger partial charge >= 0.3 is 6.18 Å². The van der Waals surface area contributed by atoms with Gasteiger partial charge in [-0.1, -0.05) is 46.3 Å². The van der Waals surface area contributed by atoms with Gasteiger partial charge in [-0.15, -0.1) is 0 Å². The number of hydrogen-bond acceptors (Lipinski definition) is 1. The third-order valence-corrected chi connectivity index (χ3v) is 3.49. The SMILES string of the molecule is O=C(Cc1ccccc1)c1cc(C(F)(F)F)ccc1Br. The molecule has 0 aliphatic rings. The summed E-state index contributed by atoms with van der Waals surface area (Å²) in [6.45, 7) is 0. The minimum absolute atomic E-state index is 0.0451. The topological polar surface area (TPSA) is 17.1 Å². The molecule has 0 spiro atoms. The van der Waals surface area contributed by atoms with E-state index in [1.54, 1.807) is 24.3 Å². The Labute approximate surface area is 122 Å². The van der Waals surface area contributed by atoms with Crippen molar-refractivity contribution in [3.8, 4) is 0 Å². The second kappa shape index (κ2) is 5.79. The molecule has 1 nitrogen and oxygen atoms in total. The highest BCUT2D eigenvalue weighted by atomic mass is 79.9. The number of alkyl halides is 3. The zero-order valence-corrected chi connectivity index (χ0v) is 11.8. The monoisotopic (exact) mass is 342 g/mol. The Morgan fingerprint density at radius 1 is 1.05 bits per heavy atom. The fourth-order valence-electron chi connectivity index (χ4n) is 1.79. The minimum atomic E-state index is -4.46. The molecular formula is C15H10BrF3O. The second-order valence-corrected chi connectivity index (χ2v) is 5.13. The highest BCUT2D eigenvalue weighted by Crippen LogP contribution is 2.32. The van der Waals surface area contributed by atoms with Gasteiger partial charge in [0.15, 0.2) is 5.78 Å². The van der Waals surface area contributed by atoms with E-state index in [1.165, 1.54) is 6.07 Å². The lowest BCUT2D eigenvalue weighted by molar-refractivity contribution is -0.137. The van der Waals surface area contributed by atoms with Crippen LogP contribution in [0.1, 0.15) is 21.5 Å². The van der Waals surface area contributed by atoms with Gasteiger partial charge in [0.1, 0.15) is 0 Å². The highest BCUT2D eigenvalue weighted by molar-refractivity contribution is 9.10. The second-order valence-electron chi connectivity index (χ2n) is 4.28. The maximum atomic E-state index is 12.7. The molecule has 0 saturated carbocycles. The first-order chi connectivity index (χ1) is 9.38. The van der Waals surface area contributed by atoms with Crippen LogP contribution in [0.15, 0.2) is 53.0 Å². The lowest BCUT2D eigenvalue weighted by Gasteiger charge is -2.10. The van der Waals surface area contributed by atoms with Gasteiger partial charge in [-0.3, -0.25) is 4.79 Å². The summed E-state index contributed by atoms with van der Waals surface area (Å²) in [5, 5.41) is 0. The van der Waals surface area contributed by atoms with E-state index in [0.29, 0.717) is 4.47 Å². The van der Waals surface area contributed by atoms with Gasteiger partial charge in [-0.2, -0.15) is 13.2 Å². The van der Waals surface area contributed by atoms with Crippen molar-refractivity contribution in [3.05, 3.63) is 69.7 Å². The van der Waals surface area contributed by atoms with Crippen LogP contribution in [-0.2, 0) is 12.6 Å². The number of Topliss-reactive ketones (excluding diaryl/α,β-unsaturated/α-hetero) is 1. The number of carbonyl (C=O) groups is 1. The smallest absolute Gasteiger partial charge is 0.294 e. The molecule has 0 aliphatic carbocycles. The van der Waals surface area contributed by atoms with Crippen LogP contribution in [0.2, 0.25) is 0 Å². The summed E-state index contributed by atoms with van der Waals surface area (Å²) < 4.78 is 38.4. The summed E-state index contributed by atoms with van der Waals surface area (Å²) in [5.41, 5.74) is -0.0115. The molecule has 0 heterocycles. The fourth-order valence-corrected chi connectivity index (χ4v) is 2.26. The van der Waals surface area contributed by atoms with Crippen molar-refractivity contribution in [2.75, 3.05) is 0 Å². The summed E-state index contributed by atoms with van der Waals surface area (Å²) in [5.74, 6) is -0.353. The number of halogens is 4. The molecule has 5 heteroatoms. The molecule has 0 radical (unpaired) electrons. The van der Waals surface area contributed by atoms with E-state index in [-0.39, 0.29) is 17.8 Å². The van der Waals surface area contributed by atoms with Crippen LogP contribution < -0.4 is 0 Å². The van der Waals surface area contributed by atoms with Gasteiger partial charge < -0.3 is 0 Å². The van der Waals surface area contributed by atoms with E-state index in [4.69, 9.17) is 0 Å². The maximum Gasteiger partial charge on any atom is 0.416 e. The Morgan fingerprint density at radius 2 is 1.70 bits per heavy atom.